The van der Waals surface area contributed by atoms with Crippen LogP contribution in [0.5, 0.6) is 0 Å². The summed E-state index contributed by atoms with van der Waals surface area (Å²) in [6.07, 6.45) is 7.03. The van der Waals surface area contributed by atoms with E-state index >= 15 is 0 Å². The van der Waals surface area contributed by atoms with Crippen LogP contribution in [-0.4, -0.2) is 13.2 Å². The van der Waals surface area contributed by atoms with E-state index in [1.54, 1.807) is 0 Å². The summed E-state index contributed by atoms with van der Waals surface area (Å²) in [5.74, 6) is 0. The molecule has 0 bridgehead atoms. The minimum Gasteiger partial charge on any atom is -0.376 e. The Kier molecular flexibility index (Phi) is 7.32. The van der Waals surface area contributed by atoms with Gasteiger partial charge in [0.1, 0.15) is 0 Å². The molecule has 0 radical (unpaired) electrons. The van der Waals surface area contributed by atoms with Gasteiger partial charge in [-0.2, -0.15) is 0 Å². The first-order chi connectivity index (χ1) is 6.38. The molecule has 1 saturated heterocycles. The predicted molar refractivity (Wildman–Crippen MR) is 58.8 cm³/mol. The van der Waals surface area contributed by atoms with E-state index in [1.165, 1.54) is 11.1 Å². The SMILES string of the molecule is C=C/C=C1/CCOC/C1=C/C.CC. The molecule has 0 unspecified atom stereocenters. The number of hydrogen-bond donors (Lipinski definition) is 0. The second-order valence-electron chi connectivity index (χ2n) is 2.54. The maximum Gasteiger partial charge on any atom is 0.0716 e. The molecule has 0 atom stereocenters. The first kappa shape index (κ1) is 12.2. The highest BCUT2D eigenvalue weighted by Gasteiger charge is 2.09. The van der Waals surface area contributed by atoms with Gasteiger partial charge in [-0.3, -0.25) is 0 Å². The van der Waals surface area contributed by atoms with Crippen LogP contribution in [0.2, 0.25) is 0 Å². The van der Waals surface area contributed by atoms with Gasteiger partial charge in [0.15, 0.2) is 0 Å². The lowest BCUT2D eigenvalue weighted by molar-refractivity contribution is 0.146. The zero-order chi connectivity index (χ0) is 10.1. The highest BCUT2D eigenvalue weighted by molar-refractivity contribution is 5.34. The molecule has 0 amide bonds. The Balaban J connectivity index is 0.000000671. The van der Waals surface area contributed by atoms with Crippen molar-refractivity contribution < 1.29 is 4.74 Å². The molecule has 0 aromatic rings. The topological polar surface area (TPSA) is 9.23 Å². The molecule has 1 fully saturated rings. The van der Waals surface area contributed by atoms with Crippen molar-refractivity contribution in [1.29, 1.82) is 0 Å². The van der Waals surface area contributed by atoms with Crippen LogP contribution in [0, 0.1) is 0 Å². The average molecular weight is 180 g/mol. The van der Waals surface area contributed by atoms with E-state index in [2.05, 4.69) is 18.7 Å². The molecule has 0 N–H and O–H groups in total. The number of rotatable bonds is 1. The highest BCUT2D eigenvalue weighted by Crippen LogP contribution is 2.19. The summed E-state index contributed by atoms with van der Waals surface area (Å²) in [4.78, 5) is 0. The number of hydrogen-bond acceptors (Lipinski definition) is 1. The molecule has 0 saturated carbocycles. The third-order valence-electron chi connectivity index (χ3n) is 1.85. The largest absolute Gasteiger partial charge is 0.376 e. The fourth-order valence-electron chi connectivity index (χ4n) is 1.22. The van der Waals surface area contributed by atoms with E-state index in [1.807, 2.05) is 26.8 Å². The first-order valence-corrected chi connectivity index (χ1v) is 4.93. The van der Waals surface area contributed by atoms with Gasteiger partial charge in [0.05, 0.1) is 13.2 Å². The Labute approximate surface area is 81.8 Å². The van der Waals surface area contributed by atoms with Gasteiger partial charge in [0, 0.05) is 0 Å². The highest BCUT2D eigenvalue weighted by atomic mass is 16.5. The molecule has 1 nitrogen and oxygen atoms in total. The van der Waals surface area contributed by atoms with Crippen molar-refractivity contribution in [3.63, 3.8) is 0 Å². The van der Waals surface area contributed by atoms with Gasteiger partial charge in [-0.05, 0) is 24.5 Å². The molecular formula is C12H20O. The van der Waals surface area contributed by atoms with Crippen molar-refractivity contribution in [2.45, 2.75) is 27.2 Å². The molecule has 13 heavy (non-hydrogen) atoms. The number of ether oxygens (including phenoxy) is 1. The summed E-state index contributed by atoms with van der Waals surface area (Å²) >= 11 is 0. The monoisotopic (exact) mass is 180 g/mol. The summed E-state index contributed by atoms with van der Waals surface area (Å²) in [5, 5.41) is 0. The molecule has 1 aliphatic heterocycles. The Morgan fingerprint density at radius 1 is 1.31 bits per heavy atom. The summed E-state index contributed by atoms with van der Waals surface area (Å²) < 4.78 is 5.31. The molecule has 0 aromatic carbocycles. The van der Waals surface area contributed by atoms with E-state index in [4.69, 9.17) is 4.74 Å². The molecule has 0 aliphatic carbocycles. The summed E-state index contributed by atoms with van der Waals surface area (Å²) in [6.45, 7) is 11.3. The van der Waals surface area contributed by atoms with Gasteiger partial charge in [0.2, 0.25) is 0 Å². The van der Waals surface area contributed by atoms with Crippen molar-refractivity contribution in [3.05, 3.63) is 36.0 Å². The van der Waals surface area contributed by atoms with Crippen molar-refractivity contribution in [2.75, 3.05) is 13.2 Å². The number of allylic oxidation sites excluding steroid dienone is 3. The third kappa shape index (κ3) is 4.09. The normalized spacial score (nSPS) is 22.4. The van der Waals surface area contributed by atoms with Crippen molar-refractivity contribution in [3.8, 4) is 0 Å². The van der Waals surface area contributed by atoms with E-state index in [0.717, 1.165) is 19.6 Å². The summed E-state index contributed by atoms with van der Waals surface area (Å²) in [6, 6.07) is 0. The Morgan fingerprint density at radius 2 is 2.00 bits per heavy atom. The van der Waals surface area contributed by atoms with Crippen LogP contribution in [0.1, 0.15) is 27.2 Å². The van der Waals surface area contributed by atoms with Crippen molar-refractivity contribution >= 4 is 0 Å². The van der Waals surface area contributed by atoms with Crippen LogP contribution in [0.3, 0.4) is 0 Å². The average Bonchev–Trinajstić information content (AvgIpc) is 2.22. The fraction of sp³-hybridized carbons (Fsp3) is 0.500. The van der Waals surface area contributed by atoms with E-state index in [0.29, 0.717) is 0 Å². The van der Waals surface area contributed by atoms with Crippen LogP contribution in [0.15, 0.2) is 36.0 Å². The van der Waals surface area contributed by atoms with Crippen molar-refractivity contribution in [1.82, 2.24) is 0 Å². The molecule has 0 aromatic heterocycles. The van der Waals surface area contributed by atoms with E-state index < -0.39 is 0 Å². The van der Waals surface area contributed by atoms with Gasteiger partial charge in [-0.15, -0.1) is 0 Å². The maximum atomic E-state index is 5.31. The zero-order valence-corrected chi connectivity index (χ0v) is 8.97. The quantitative estimate of drug-likeness (QED) is 0.600. The van der Waals surface area contributed by atoms with Crippen LogP contribution >= 0.6 is 0 Å². The molecule has 1 aliphatic rings. The van der Waals surface area contributed by atoms with Gasteiger partial charge in [0.25, 0.3) is 0 Å². The molecule has 1 heterocycles. The standard InChI is InChI=1S/C10H14O.C2H6/c1-3-5-10-6-7-11-8-9(10)4-2;1-2/h3-5H,1,6-8H2,2H3;1-2H3/b9-4-,10-5-;. The van der Waals surface area contributed by atoms with E-state index in [9.17, 15) is 0 Å². The van der Waals surface area contributed by atoms with Gasteiger partial charge < -0.3 is 4.74 Å². The summed E-state index contributed by atoms with van der Waals surface area (Å²) in [5.41, 5.74) is 2.67. The summed E-state index contributed by atoms with van der Waals surface area (Å²) in [7, 11) is 0. The Hall–Kier alpha value is -0.820. The minimum atomic E-state index is 0.760. The van der Waals surface area contributed by atoms with Gasteiger partial charge in [-0.1, -0.05) is 38.7 Å². The van der Waals surface area contributed by atoms with Gasteiger partial charge >= 0.3 is 0 Å². The lowest BCUT2D eigenvalue weighted by Crippen LogP contribution is -2.10. The minimum absolute atomic E-state index is 0.760. The lowest BCUT2D eigenvalue weighted by Gasteiger charge is -2.17. The second kappa shape index (κ2) is 7.81. The van der Waals surface area contributed by atoms with Gasteiger partial charge in [-0.25, -0.2) is 0 Å². The van der Waals surface area contributed by atoms with Crippen LogP contribution < -0.4 is 0 Å². The smallest absolute Gasteiger partial charge is 0.0716 e. The second-order valence-corrected chi connectivity index (χ2v) is 2.54. The lowest BCUT2D eigenvalue weighted by atomic mass is 10.0. The predicted octanol–water partition coefficient (Wildman–Crippen LogP) is 3.49. The van der Waals surface area contributed by atoms with Crippen LogP contribution in [0.4, 0.5) is 0 Å². The van der Waals surface area contributed by atoms with Crippen LogP contribution in [-0.2, 0) is 4.74 Å². The zero-order valence-electron chi connectivity index (χ0n) is 8.97. The molecule has 1 heteroatoms. The first-order valence-electron chi connectivity index (χ1n) is 4.93. The Bertz CT molecular complexity index is 199. The third-order valence-corrected chi connectivity index (χ3v) is 1.85. The molecule has 1 rings (SSSR count). The Morgan fingerprint density at radius 3 is 2.54 bits per heavy atom. The molecular weight excluding hydrogens is 160 g/mol. The molecule has 74 valence electrons. The maximum absolute atomic E-state index is 5.31. The molecule has 0 spiro atoms. The van der Waals surface area contributed by atoms with E-state index in [-0.39, 0.29) is 0 Å². The van der Waals surface area contributed by atoms with Crippen molar-refractivity contribution in [2.24, 2.45) is 0 Å². The fourth-order valence-corrected chi connectivity index (χ4v) is 1.22. The van der Waals surface area contributed by atoms with Crippen LogP contribution in [0.25, 0.3) is 0 Å².